The van der Waals surface area contributed by atoms with Gasteiger partial charge in [-0.15, -0.1) is 13.2 Å². The van der Waals surface area contributed by atoms with Crippen LogP contribution < -0.4 is 4.90 Å². The fourth-order valence-electron chi connectivity index (χ4n) is 2.21. The number of thiophene rings is 1. The first-order valence-electron chi connectivity index (χ1n) is 6.65. The van der Waals surface area contributed by atoms with E-state index in [1.165, 1.54) is 5.56 Å². The van der Waals surface area contributed by atoms with Crippen LogP contribution in [-0.2, 0) is 6.42 Å². The van der Waals surface area contributed by atoms with E-state index < -0.39 is 0 Å². The quantitative estimate of drug-likeness (QED) is 0.721. The Morgan fingerprint density at radius 3 is 2.55 bits per heavy atom. The molecule has 2 rings (SSSR count). The summed E-state index contributed by atoms with van der Waals surface area (Å²) in [7, 11) is 0. The predicted octanol–water partition coefficient (Wildman–Crippen LogP) is 3.95. The Balaban J connectivity index is 2.50. The Bertz CT molecular complexity index is 565. The van der Waals surface area contributed by atoms with Gasteiger partial charge in [-0.25, -0.2) is 9.97 Å². The molecule has 0 saturated heterocycles. The lowest BCUT2D eigenvalue weighted by molar-refractivity contribution is 0.893. The van der Waals surface area contributed by atoms with Crippen molar-refractivity contribution in [2.24, 2.45) is 0 Å². The van der Waals surface area contributed by atoms with Crippen LogP contribution in [0, 0.1) is 0 Å². The third-order valence-electron chi connectivity index (χ3n) is 3.07. The van der Waals surface area contributed by atoms with Gasteiger partial charge in [0.25, 0.3) is 0 Å². The maximum absolute atomic E-state index is 4.48. The van der Waals surface area contributed by atoms with Crippen molar-refractivity contribution in [3.63, 3.8) is 0 Å². The molecule has 104 valence electrons. The van der Waals surface area contributed by atoms with Crippen LogP contribution in [0.1, 0.15) is 12.5 Å². The van der Waals surface area contributed by atoms with Gasteiger partial charge in [-0.3, -0.25) is 0 Å². The molecule has 20 heavy (non-hydrogen) atoms. The number of hydrogen-bond donors (Lipinski definition) is 0. The lowest BCUT2D eigenvalue weighted by Crippen LogP contribution is -2.25. The predicted molar refractivity (Wildman–Crippen MR) is 87.3 cm³/mol. The zero-order valence-electron chi connectivity index (χ0n) is 11.7. The highest BCUT2D eigenvalue weighted by Gasteiger charge is 2.15. The van der Waals surface area contributed by atoms with Gasteiger partial charge in [-0.1, -0.05) is 19.1 Å². The van der Waals surface area contributed by atoms with Crippen LogP contribution in [0.3, 0.4) is 0 Å². The van der Waals surface area contributed by atoms with Crippen LogP contribution in [0.4, 0.5) is 5.82 Å². The van der Waals surface area contributed by atoms with Crippen LogP contribution in [-0.4, -0.2) is 23.1 Å². The third-order valence-corrected chi connectivity index (χ3v) is 3.75. The summed E-state index contributed by atoms with van der Waals surface area (Å²) in [5, 5.41) is 4.19. The van der Waals surface area contributed by atoms with E-state index in [0.29, 0.717) is 0 Å². The lowest BCUT2D eigenvalue weighted by atomic mass is 10.1. The fraction of sp³-hybridized carbons (Fsp3) is 0.250. The first-order chi connectivity index (χ1) is 9.81. The number of aromatic nitrogens is 2. The van der Waals surface area contributed by atoms with Crippen LogP contribution in [0.25, 0.3) is 11.3 Å². The standard InChI is InChI=1S/C16H19N3S/c1-4-8-19(9-5-2)16-14(6-3)15(17-12-18-16)13-7-10-20-11-13/h4-5,7,10-12H,1-2,6,8-9H2,3H3. The Morgan fingerprint density at radius 1 is 1.25 bits per heavy atom. The molecule has 0 spiro atoms. The van der Waals surface area contributed by atoms with E-state index in [9.17, 15) is 0 Å². The van der Waals surface area contributed by atoms with Crippen molar-refractivity contribution in [2.75, 3.05) is 18.0 Å². The van der Waals surface area contributed by atoms with Gasteiger partial charge >= 0.3 is 0 Å². The molecule has 3 nitrogen and oxygen atoms in total. The summed E-state index contributed by atoms with van der Waals surface area (Å²) in [6.07, 6.45) is 6.30. The van der Waals surface area contributed by atoms with E-state index in [1.54, 1.807) is 17.7 Å². The molecule has 0 fully saturated rings. The zero-order valence-corrected chi connectivity index (χ0v) is 12.6. The zero-order chi connectivity index (χ0) is 14.4. The molecular weight excluding hydrogens is 266 g/mol. The minimum atomic E-state index is 0.749. The van der Waals surface area contributed by atoms with Gasteiger partial charge in [0.1, 0.15) is 12.1 Å². The molecule has 0 unspecified atom stereocenters. The summed E-state index contributed by atoms with van der Waals surface area (Å²) in [4.78, 5) is 11.1. The highest BCUT2D eigenvalue weighted by Crippen LogP contribution is 2.29. The summed E-state index contributed by atoms with van der Waals surface area (Å²) >= 11 is 1.68. The van der Waals surface area contributed by atoms with E-state index in [2.05, 4.69) is 51.8 Å². The van der Waals surface area contributed by atoms with Gasteiger partial charge in [-0.2, -0.15) is 11.3 Å². The number of hydrogen-bond acceptors (Lipinski definition) is 4. The van der Waals surface area contributed by atoms with Crippen molar-refractivity contribution in [1.82, 2.24) is 9.97 Å². The lowest BCUT2D eigenvalue weighted by Gasteiger charge is -2.23. The smallest absolute Gasteiger partial charge is 0.136 e. The van der Waals surface area contributed by atoms with Crippen molar-refractivity contribution >= 4 is 17.2 Å². The molecular formula is C16H19N3S. The Morgan fingerprint density at radius 2 is 2.00 bits per heavy atom. The average Bonchev–Trinajstić information content (AvgIpc) is 3.00. The topological polar surface area (TPSA) is 29.0 Å². The molecule has 4 heteroatoms. The minimum absolute atomic E-state index is 0.749. The second-order valence-corrected chi connectivity index (χ2v) is 5.15. The van der Waals surface area contributed by atoms with E-state index >= 15 is 0 Å². The van der Waals surface area contributed by atoms with Crippen LogP contribution in [0.5, 0.6) is 0 Å². The molecule has 2 aromatic rings. The Hall–Kier alpha value is -1.94. The van der Waals surface area contributed by atoms with Crippen molar-refractivity contribution in [1.29, 1.82) is 0 Å². The van der Waals surface area contributed by atoms with Gasteiger partial charge in [0.05, 0.1) is 5.69 Å². The molecule has 2 heterocycles. The second kappa shape index (κ2) is 7.01. The fourth-order valence-corrected chi connectivity index (χ4v) is 2.85. The maximum atomic E-state index is 4.48. The van der Waals surface area contributed by atoms with Gasteiger partial charge < -0.3 is 4.90 Å². The van der Waals surface area contributed by atoms with Crippen molar-refractivity contribution in [3.8, 4) is 11.3 Å². The summed E-state index contributed by atoms with van der Waals surface area (Å²) in [6.45, 7) is 11.3. The first kappa shape index (κ1) is 14.5. The third kappa shape index (κ3) is 2.96. The molecule has 0 atom stereocenters. The summed E-state index contributed by atoms with van der Waals surface area (Å²) in [5.41, 5.74) is 3.36. The largest absolute Gasteiger partial charge is 0.349 e. The first-order valence-corrected chi connectivity index (χ1v) is 7.59. The molecule has 0 N–H and O–H groups in total. The molecule has 0 radical (unpaired) electrons. The summed E-state index contributed by atoms with van der Waals surface area (Å²) < 4.78 is 0. The van der Waals surface area contributed by atoms with Crippen LogP contribution in [0.2, 0.25) is 0 Å². The molecule has 0 aliphatic heterocycles. The minimum Gasteiger partial charge on any atom is -0.349 e. The SMILES string of the molecule is C=CCN(CC=C)c1ncnc(-c2ccsc2)c1CC. The molecule has 0 saturated carbocycles. The van der Waals surface area contributed by atoms with E-state index in [4.69, 9.17) is 0 Å². The molecule has 0 aromatic carbocycles. The van der Waals surface area contributed by atoms with E-state index in [-0.39, 0.29) is 0 Å². The Kier molecular flexibility index (Phi) is 5.07. The monoisotopic (exact) mass is 285 g/mol. The number of anilines is 1. The molecule has 0 aliphatic carbocycles. The van der Waals surface area contributed by atoms with Crippen molar-refractivity contribution in [2.45, 2.75) is 13.3 Å². The van der Waals surface area contributed by atoms with E-state index in [0.717, 1.165) is 36.6 Å². The maximum Gasteiger partial charge on any atom is 0.136 e. The molecule has 0 bridgehead atoms. The van der Waals surface area contributed by atoms with Gasteiger partial charge in [-0.05, 0) is 17.9 Å². The Labute approximate surface area is 124 Å². The molecule has 0 amide bonds. The van der Waals surface area contributed by atoms with Crippen LogP contribution in [0.15, 0.2) is 48.5 Å². The number of nitrogens with zero attached hydrogens (tertiary/aromatic N) is 3. The van der Waals surface area contributed by atoms with Crippen LogP contribution >= 0.6 is 11.3 Å². The van der Waals surface area contributed by atoms with Crippen molar-refractivity contribution in [3.05, 3.63) is 54.0 Å². The van der Waals surface area contributed by atoms with Crippen molar-refractivity contribution < 1.29 is 0 Å². The highest BCUT2D eigenvalue weighted by molar-refractivity contribution is 7.08. The van der Waals surface area contributed by atoms with Gasteiger partial charge in [0.2, 0.25) is 0 Å². The highest BCUT2D eigenvalue weighted by atomic mass is 32.1. The molecule has 0 aliphatic rings. The number of rotatable bonds is 7. The molecule has 2 aromatic heterocycles. The van der Waals surface area contributed by atoms with Gasteiger partial charge in [0.15, 0.2) is 0 Å². The summed E-state index contributed by atoms with van der Waals surface area (Å²) in [5.74, 6) is 0.975. The average molecular weight is 285 g/mol. The van der Waals surface area contributed by atoms with Gasteiger partial charge in [0, 0.05) is 29.6 Å². The second-order valence-electron chi connectivity index (χ2n) is 4.37. The summed E-state index contributed by atoms with van der Waals surface area (Å²) in [6, 6.07) is 2.10. The normalized spacial score (nSPS) is 10.2. The van der Waals surface area contributed by atoms with E-state index in [1.807, 2.05) is 12.2 Å².